The summed E-state index contributed by atoms with van der Waals surface area (Å²) < 4.78 is 14.3. The molecular weight excluding hydrogens is 426 g/mol. The molecule has 0 radical (unpaired) electrons. The predicted octanol–water partition coefficient (Wildman–Crippen LogP) is 2.86. The summed E-state index contributed by atoms with van der Waals surface area (Å²) in [7, 11) is 3.41. The summed E-state index contributed by atoms with van der Waals surface area (Å²) >= 11 is 0. The largest absolute Gasteiger partial charge is 0.468 e. The summed E-state index contributed by atoms with van der Waals surface area (Å²) in [5.74, 6) is -5.56. The van der Waals surface area contributed by atoms with Gasteiger partial charge in [-0.3, -0.25) is 14.4 Å². The lowest BCUT2D eigenvalue weighted by molar-refractivity contribution is -0.162. The predicted molar refractivity (Wildman–Crippen MR) is 121 cm³/mol. The van der Waals surface area contributed by atoms with Crippen LogP contribution in [0.1, 0.15) is 17.3 Å². The van der Waals surface area contributed by atoms with Gasteiger partial charge in [-0.15, -0.1) is 0 Å². The van der Waals surface area contributed by atoms with Crippen LogP contribution in [0.4, 0.5) is 0 Å². The molecule has 0 aliphatic heterocycles. The van der Waals surface area contributed by atoms with E-state index in [0.717, 1.165) is 32.1 Å². The van der Waals surface area contributed by atoms with E-state index in [1.165, 1.54) is 6.92 Å². The van der Waals surface area contributed by atoms with Gasteiger partial charge in [-0.1, -0.05) is 55.5 Å². The van der Waals surface area contributed by atoms with E-state index >= 15 is 0 Å². The molecule has 8 nitrogen and oxygen atoms in total. The number of carbonyl (C=O) groups excluding carboxylic acids is 4. The molecule has 33 heavy (non-hydrogen) atoms. The summed E-state index contributed by atoms with van der Waals surface area (Å²) in [4.78, 5) is 50.8. The molecule has 0 fully saturated rings. The molecule has 1 N–H and O–H groups in total. The second-order valence-electron chi connectivity index (χ2n) is 7.55. The lowest BCUT2D eigenvalue weighted by Crippen LogP contribution is -2.51. The highest BCUT2D eigenvalue weighted by Gasteiger charge is 2.42. The molecule has 2 atom stereocenters. The maximum atomic E-state index is 13.6. The van der Waals surface area contributed by atoms with Crippen LogP contribution in [0.5, 0.6) is 0 Å². The molecule has 1 amide bonds. The number of methoxy groups -OCH3 is 3. The minimum atomic E-state index is -1.44. The van der Waals surface area contributed by atoms with E-state index in [-0.39, 0.29) is 0 Å². The fraction of sp³-hybridized carbons (Fsp3) is 0.280. The fourth-order valence-electron chi connectivity index (χ4n) is 3.98. The number of rotatable bonds is 7. The van der Waals surface area contributed by atoms with Crippen molar-refractivity contribution in [3.05, 3.63) is 60.2 Å². The monoisotopic (exact) mass is 451 g/mol. The molecule has 0 aliphatic rings. The maximum absolute atomic E-state index is 13.6. The molecule has 3 aromatic carbocycles. The van der Waals surface area contributed by atoms with Gasteiger partial charge in [0.1, 0.15) is 6.04 Å². The van der Waals surface area contributed by atoms with Gasteiger partial charge >= 0.3 is 17.9 Å². The minimum Gasteiger partial charge on any atom is -0.468 e. The Labute approximate surface area is 190 Å². The van der Waals surface area contributed by atoms with E-state index in [2.05, 4.69) is 5.32 Å². The average Bonchev–Trinajstić information content (AvgIpc) is 2.84. The number of fused-ring (bicyclic) bond motifs is 2. The Bertz CT molecular complexity index is 1150. The van der Waals surface area contributed by atoms with Crippen LogP contribution < -0.4 is 5.32 Å². The number of ether oxygens (including phenoxy) is 3. The second-order valence-corrected chi connectivity index (χ2v) is 7.55. The van der Waals surface area contributed by atoms with E-state index in [0.29, 0.717) is 16.3 Å². The molecule has 0 unspecified atom stereocenters. The van der Waals surface area contributed by atoms with Gasteiger partial charge in [0, 0.05) is 5.92 Å². The first-order valence-corrected chi connectivity index (χ1v) is 10.3. The maximum Gasteiger partial charge on any atom is 0.328 e. The number of benzene rings is 3. The first-order valence-electron chi connectivity index (χ1n) is 10.3. The number of hydrogen-bond acceptors (Lipinski definition) is 7. The quantitative estimate of drug-likeness (QED) is 0.255. The van der Waals surface area contributed by atoms with Crippen LogP contribution >= 0.6 is 0 Å². The van der Waals surface area contributed by atoms with Gasteiger partial charge < -0.3 is 19.5 Å². The third-order valence-electron chi connectivity index (χ3n) is 5.70. The zero-order valence-corrected chi connectivity index (χ0v) is 18.8. The van der Waals surface area contributed by atoms with Gasteiger partial charge in [0.05, 0.1) is 26.9 Å². The normalized spacial score (nSPS) is 12.8. The molecule has 0 saturated carbocycles. The van der Waals surface area contributed by atoms with E-state index in [1.807, 2.05) is 54.6 Å². The Morgan fingerprint density at radius 1 is 0.727 bits per heavy atom. The molecule has 0 heterocycles. The van der Waals surface area contributed by atoms with Gasteiger partial charge in [0.2, 0.25) is 0 Å². The zero-order chi connectivity index (χ0) is 24.1. The Hall–Kier alpha value is -3.94. The van der Waals surface area contributed by atoms with Gasteiger partial charge in [-0.25, -0.2) is 4.79 Å². The van der Waals surface area contributed by atoms with Gasteiger partial charge in [-0.05, 0) is 27.6 Å². The number of nitrogens with one attached hydrogen (secondary N) is 1. The molecule has 0 aliphatic carbocycles. The van der Waals surface area contributed by atoms with Gasteiger partial charge in [0.25, 0.3) is 5.91 Å². The summed E-state index contributed by atoms with van der Waals surface area (Å²) in [6.45, 7) is 1.47. The van der Waals surface area contributed by atoms with Crippen LogP contribution in [0.3, 0.4) is 0 Å². The summed E-state index contributed by atoms with van der Waals surface area (Å²) in [5, 5.41) is 5.78. The lowest BCUT2D eigenvalue weighted by Gasteiger charge is -2.27. The first kappa shape index (κ1) is 23.7. The first-order chi connectivity index (χ1) is 15.8. The lowest BCUT2D eigenvalue weighted by atomic mass is 9.86. The highest BCUT2D eigenvalue weighted by Crippen LogP contribution is 2.29. The van der Waals surface area contributed by atoms with Gasteiger partial charge in [-0.2, -0.15) is 0 Å². The number of amides is 1. The minimum absolute atomic E-state index is 0.373. The molecule has 0 spiro atoms. The van der Waals surface area contributed by atoms with Crippen molar-refractivity contribution in [3.8, 4) is 0 Å². The topological polar surface area (TPSA) is 108 Å². The van der Waals surface area contributed by atoms with Crippen molar-refractivity contribution in [1.82, 2.24) is 5.32 Å². The zero-order valence-electron chi connectivity index (χ0n) is 18.8. The van der Waals surface area contributed by atoms with E-state index in [1.54, 1.807) is 0 Å². The Morgan fingerprint density at radius 2 is 1.18 bits per heavy atom. The van der Waals surface area contributed by atoms with Crippen molar-refractivity contribution in [2.45, 2.75) is 13.0 Å². The van der Waals surface area contributed by atoms with Crippen LogP contribution in [0, 0.1) is 11.8 Å². The average molecular weight is 451 g/mol. The van der Waals surface area contributed by atoms with Crippen LogP contribution in [0.15, 0.2) is 54.6 Å². The van der Waals surface area contributed by atoms with E-state index < -0.39 is 41.7 Å². The fourth-order valence-corrected chi connectivity index (χ4v) is 3.98. The van der Waals surface area contributed by atoms with Crippen LogP contribution in [-0.4, -0.2) is 51.2 Å². The Kier molecular flexibility index (Phi) is 7.27. The van der Waals surface area contributed by atoms with Crippen molar-refractivity contribution in [2.24, 2.45) is 11.8 Å². The van der Waals surface area contributed by atoms with Crippen LogP contribution in [0.2, 0.25) is 0 Å². The van der Waals surface area contributed by atoms with Crippen molar-refractivity contribution >= 4 is 45.4 Å². The Morgan fingerprint density at radius 3 is 1.64 bits per heavy atom. The Balaban J connectivity index is 2.09. The van der Waals surface area contributed by atoms with Crippen molar-refractivity contribution in [2.75, 3.05) is 21.3 Å². The third-order valence-corrected chi connectivity index (χ3v) is 5.70. The van der Waals surface area contributed by atoms with Crippen molar-refractivity contribution in [3.63, 3.8) is 0 Å². The SMILES string of the molecule is COC(=O)C(C(=O)OC)[C@@H](C)[C@@H](NC(=O)c1c2ccccc2cc2ccccc12)C(=O)OC. The molecular formula is C25H25NO7. The molecule has 172 valence electrons. The van der Waals surface area contributed by atoms with E-state index in [9.17, 15) is 19.2 Å². The smallest absolute Gasteiger partial charge is 0.328 e. The molecule has 0 saturated heterocycles. The number of esters is 3. The molecule has 0 aromatic heterocycles. The molecule has 3 rings (SSSR count). The standard InChI is InChI=1S/C25H25NO7/c1-14(19(23(28)31-2)24(29)32-3)21(25(30)33-4)26-22(27)20-17-11-7-5-9-15(17)13-16-10-6-8-12-18(16)20/h5-14,19,21H,1-4H3,(H,26,27)/t14-,21-/m1/s1. The van der Waals surface area contributed by atoms with Crippen LogP contribution in [-0.2, 0) is 28.6 Å². The number of carbonyl (C=O) groups is 4. The third kappa shape index (κ3) is 4.64. The summed E-state index contributed by atoms with van der Waals surface area (Å²) in [5.41, 5.74) is 0.373. The van der Waals surface area contributed by atoms with Crippen molar-refractivity contribution in [1.29, 1.82) is 0 Å². The van der Waals surface area contributed by atoms with Gasteiger partial charge in [0.15, 0.2) is 5.92 Å². The second kappa shape index (κ2) is 10.1. The van der Waals surface area contributed by atoms with E-state index in [4.69, 9.17) is 14.2 Å². The van der Waals surface area contributed by atoms with Crippen LogP contribution in [0.25, 0.3) is 21.5 Å². The summed E-state index contributed by atoms with van der Waals surface area (Å²) in [6.07, 6.45) is 0. The highest BCUT2D eigenvalue weighted by molar-refractivity contribution is 6.18. The molecule has 8 heteroatoms. The molecule has 0 bridgehead atoms. The molecule has 3 aromatic rings. The highest BCUT2D eigenvalue weighted by atomic mass is 16.5. The number of hydrogen-bond donors (Lipinski definition) is 1. The summed E-state index contributed by atoms with van der Waals surface area (Å²) in [6, 6.07) is 15.5. The van der Waals surface area contributed by atoms with Crippen molar-refractivity contribution < 1.29 is 33.4 Å².